The molecule has 0 aliphatic heterocycles. The standard InChI is InChI=1S/C34H27N3O/c1-24-22-29(27-16-8-9-17-31(27)38)36-30(23-24)28-19-20-33(37-28)34(25-12-4-2-5-13-25,26-14-6-3-7-15-26)32-18-10-11-21-35-32/h2-23,37-38H,1H3. The second-order valence-corrected chi connectivity index (χ2v) is 9.41. The van der Waals surface area contributed by atoms with Crippen molar-refractivity contribution in [3.63, 3.8) is 0 Å². The van der Waals surface area contributed by atoms with E-state index in [1.54, 1.807) is 6.07 Å². The highest BCUT2D eigenvalue weighted by Crippen LogP contribution is 2.44. The Morgan fingerprint density at radius 3 is 1.95 bits per heavy atom. The van der Waals surface area contributed by atoms with Gasteiger partial charge in [-0.2, -0.15) is 0 Å². The van der Waals surface area contributed by atoms with Crippen LogP contribution in [0.2, 0.25) is 0 Å². The predicted molar refractivity (Wildman–Crippen MR) is 152 cm³/mol. The fourth-order valence-corrected chi connectivity index (χ4v) is 5.27. The minimum Gasteiger partial charge on any atom is -0.507 e. The van der Waals surface area contributed by atoms with Crippen LogP contribution in [0.5, 0.6) is 5.75 Å². The maximum Gasteiger partial charge on any atom is 0.124 e. The number of phenolic OH excluding ortho intramolecular Hbond substituents is 1. The molecule has 4 nitrogen and oxygen atoms in total. The average molecular weight is 494 g/mol. The first-order chi connectivity index (χ1) is 18.7. The van der Waals surface area contributed by atoms with E-state index in [0.29, 0.717) is 5.56 Å². The molecule has 3 heterocycles. The molecule has 38 heavy (non-hydrogen) atoms. The summed E-state index contributed by atoms with van der Waals surface area (Å²) in [5, 5.41) is 10.5. The zero-order valence-corrected chi connectivity index (χ0v) is 21.0. The molecule has 0 spiro atoms. The summed E-state index contributed by atoms with van der Waals surface area (Å²) in [6, 6.07) is 42.6. The van der Waals surface area contributed by atoms with Crippen LogP contribution in [0.4, 0.5) is 0 Å². The Hall–Kier alpha value is -4.96. The van der Waals surface area contributed by atoms with Crippen LogP contribution in [0.15, 0.2) is 134 Å². The van der Waals surface area contributed by atoms with Gasteiger partial charge in [-0.15, -0.1) is 0 Å². The van der Waals surface area contributed by atoms with Gasteiger partial charge >= 0.3 is 0 Å². The molecule has 0 amide bonds. The highest BCUT2D eigenvalue weighted by atomic mass is 16.3. The minimum absolute atomic E-state index is 0.214. The molecule has 0 radical (unpaired) electrons. The van der Waals surface area contributed by atoms with Crippen LogP contribution in [0.25, 0.3) is 22.6 Å². The Bertz CT molecular complexity index is 1580. The molecule has 0 saturated heterocycles. The van der Waals surface area contributed by atoms with Crippen molar-refractivity contribution in [2.45, 2.75) is 12.3 Å². The molecule has 2 N–H and O–H groups in total. The van der Waals surface area contributed by atoms with E-state index in [2.05, 4.69) is 77.8 Å². The van der Waals surface area contributed by atoms with E-state index in [-0.39, 0.29) is 5.75 Å². The van der Waals surface area contributed by atoms with Crippen molar-refractivity contribution in [1.29, 1.82) is 0 Å². The van der Waals surface area contributed by atoms with Gasteiger partial charge in [-0.05, 0) is 72.1 Å². The smallest absolute Gasteiger partial charge is 0.124 e. The number of nitrogens with one attached hydrogen (secondary N) is 1. The number of para-hydroxylation sites is 1. The number of aromatic nitrogens is 3. The van der Waals surface area contributed by atoms with Gasteiger partial charge in [-0.25, -0.2) is 4.98 Å². The summed E-state index contributed by atoms with van der Waals surface area (Å²) in [4.78, 5) is 13.5. The topological polar surface area (TPSA) is 61.8 Å². The van der Waals surface area contributed by atoms with Crippen LogP contribution < -0.4 is 0 Å². The van der Waals surface area contributed by atoms with Crippen LogP contribution in [-0.4, -0.2) is 20.1 Å². The molecule has 6 rings (SSSR count). The predicted octanol–water partition coefficient (Wildman–Crippen LogP) is 7.54. The Morgan fingerprint density at radius 1 is 0.658 bits per heavy atom. The Balaban J connectivity index is 1.57. The van der Waals surface area contributed by atoms with Gasteiger partial charge in [0.2, 0.25) is 0 Å². The molecule has 0 unspecified atom stereocenters. The zero-order chi connectivity index (χ0) is 26.0. The van der Waals surface area contributed by atoms with E-state index >= 15 is 0 Å². The van der Waals surface area contributed by atoms with Crippen LogP contribution in [0.3, 0.4) is 0 Å². The van der Waals surface area contributed by atoms with Gasteiger partial charge < -0.3 is 10.1 Å². The first-order valence-electron chi connectivity index (χ1n) is 12.7. The molecule has 0 fully saturated rings. The molecular weight excluding hydrogens is 466 g/mol. The number of aromatic amines is 1. The van der Waals surface area contributed by atoms with Crippen molar-refractivity contribution in [3.05, 3.63) is 162 Å². The van der Waals surface area contributed by atoms with E-state index in [0.717, 1.165) is 45.2 Å². The van der Waals surface area contributed by atoms with E-state index in [9.17, 15) is 5.11 Å². The van der Waals surface area contributed by atoms with Crippen molar-refractivity contribution in [1.82, 2.24) is 15.0 Å². The molecule has 0 bridgehead atoms. The maximum absolute atomic E-state index is 10.5. The second-order valence-electron chi connectivity index (χ2n) is 9.41. The number of aryl methyl sites for hydroxylation is 1. The van der Waals surface area contributed by atoms with Crippen molar-refractivity contribution in [3.8, 4) is 28.4 Å². The van der Waals surface area contributed by atoms with Gasteiger partial charge in [0, 0.05) is 17.5 Å². The number of nitrogens with zero attached hydrogens (tertiary/aromatic N) is 2. The number of H-pyrrole nitrogens is 1. The third-order valence-electron chi connectivity index (χ3n) is 6.98. The van der Waals surface area contributed by atoms with Crippen molar-refractivity contribution in [2.24, 2.45) is 0 Å². The highest BCUT2D eigenvalue weighted by molar-refractivity contribution is 5.71. The largest absolute Gasteiger partial charge is 0.507 e. The van der Waals surface area contributed by atoms with Gasteiger partial charge in [0.25, 0.3) is 0 Å². The maximum atomic E-state index is 10.5. The summed E-state index contributed by atoms with van der Waals surface area (Å²) >= 11 is 0. The fourth-order valence-electron chi connectivity index (χ4n) is 5.27. The quantitative estimate of drug-likeness (QED) is 0.252. The highest BCUT2D eigenvalue weighted by Gasteiger charge is 2.40. The van der Waals surface area contributed by atoms with Crippen LogP contribution in [0, 0.1) is 6.92 Å². The summed E-state index contributed by atoms with van der Waals surface area (Å²) < 4.78 is 0. The molecule has 4 heteroatoms. The van der Waals surface area contributed by atoms with E-state index < -0.39 is 5.41 Å². The van der Waals surface area contributed by atoms with Gasteiger partial charge in [0.1, 0.15) is 11.2 Å². The van der Waals surface area contributed by atoms with Crippen molar-refractivity contribution in [2.75, 3.05) is 0 Å². The monoisotopic (exact) mass is 493 g/mol. The minimum atomic E-state index is -0.660. The van der Waals surface area contributed by atoms with E-state index in [1.807, 2.05) is 61.7 Å². The molecule has 0 saturated carbocycles. The van der Waals surface area contributed by atoms with E-state index in [1.165, 1.54) is 0 Å². The number of benzene rings is 3. The summed E-state index contributed by atoms with van der Waals surface area (Å²) in [5.74, 6) is 0.214. The van der Waals surface area contributed by atoms with Crippen molar-refractivity contribution >= 4 is 0 Å². The molecule has 0 aliphatic rings. The van der Waals surface area contributed by atoms with Gasteiger partial charge in [-0.3, -0.25) is 4.98 Å². The first-order valence-corrected chi connectivity index (χ1v) is 12.7. The number of hydrogen-bond acceptors (Lipinski definition) is 3. The third-order valence-corrected chi connectivity index (χ3v) is 6.98. The Morgan fingerprint density at radius 2 is 1.29 bits per heavy atom. The molecule has 0 aliphatic carbocycles. The fraction of sp³-hybridized carbons (Fsp3) is 0.0588. The van der Waals surface area contributed by atoms with Crippen LogP contribution in [-0.2, 0) is 5.41 Å². The summed E-state index contributed by atoms with van der Waals surface area (Å²) in [7, 11) is 0. The Labute approximate surface area is 222 Å². The molecule has 3 aromatic heterocycles. The molecule has 6 aromatic rings. The van der Waals surface area contributed by atoms with Gasteiger partial charge in [0.05, 0.1) is 22.8 Å². The normalized spacial score (nSPS) is 11.4. The van der Waals surface area contributed by atoms with E-state index in [4.69, 9.17) is 9.97 Å². The van der Waals surface area contributed by atoms with Crippen LogP contribution in [0.1, 0.15) is 28.1 Å². The summed E-state index contributed by atoms with van der Waals surface area (Å²) in [5.41, 5.74) is 7.71. The number of hydrogen-bond donors (Lipinski definition) is 2. The average Bonchev–Trinajstić information content (AvgIpc) is 3.46. The number of aromatic hydroxyl groups is 1. The lowest BCUT2D eigenvalue weighted by molar-refractivity contribution is 0.477. The van der Waals surface area contributed by atoms with Gasteiger partial charge in [0.15, 0.2) is 0 Å². The lowest BCUT2D eigenvalue weighted by Gasteiger charge is -2.34. The zero-order valence-electron chi connectivity index (χ0n) is 21.0. The first kappa shape index (κ1) is 23.4. The van der Waals surface area contributed by atoms with Crippen LogP contribution >= 0.6 is 0 Å². The van der Waals surface area contributed by atoms with Gasteiger partial charge in [-0.1, -0.05) is 78.9 Å². The second kappa shape index (κ2) is 9.83. The molecular formula is C34H27N3O. The lowest BCUT2D eigenvalue weighted by Crippen LogP contribution is -2.32. The summed E-state index contributed by atoms with van der Waals surface area (Å²) in [6.45, 7) is 2.05. The number of phenols is 1. The molecule has 0 atom stereocenters. The molecule has 3 aromatic carbocycles. The SMILES string of the molecule is Cc1cc(-c2ccc(C(c3ccccc3)(c3ccccc3)c3ccccn3)[nH]2)nc(-c2ccccc2O)c1. The third kappa shape index (κ3) is 4.06. The lowest BCUT2D eigenvalue weighted by atomic mass is 9.69. The Kier molecular flexibility index (Phi) is 6.06. The number of rotatable bonds is 6. The molecule has 184 valence electrons. The summed E-state index contributed by atoms with van der Waals surface area (Å²) in [6.07, 6.45) is 1.85. The number of pyridine rings is 2. The van der Waals surface area contributed by atoms with Crippen molar-refractivity contribution < 1.29 is 5.11 Å².